The maximum atomic E-state index is 12.8. The first kappa shape index (κ1) is 14.6. The minimum absolute atomic E-state index is 0.0750. The summed E-state index contributed by atoms with van der Waals surface area (Å²) in [6, 6.07) is 6.75. The molecule has 1 aromatic heterocycles. The summed E-state index contributed by atoms with van der Waals surface area (Å²) in [5, 5.41) is 10.7. The van der Waals surface area contributed by atoms with Crippen molar-refractivity contribution in [3.63, 3.8) is 0 Å². The van der Waals surface area contributed by atoms with E-state index in [0.717, 1.165) is 24.2 Å². The lowest BCUT2D eigenvalue weighted by atomic mass is 9.93. The average Bonchev–Trinajstić information content (AvgIpc) is 2.48. The Bertz CT molecular complexity index is 1020. The highest BCUT2D eigenvalue weighted by molar-refractivity contribution is 9.10. The molecule has 0 bridgehead atoms. The van der Waals surface area contributed by atoms with Gasteiger partial charge in [0.25, 0.3) is 0 Å². The molecule has 3 aromatic rings. The molecule has 2 aromatic carbocycles. The highest BCUT2D eigenvalue weighted by Crippen LogP contribution is 2.37. The van der Waals surface area contributed by atoms with Crippen LogP contribution in [-0.4, -0.2) is 10.7 Å². The molecule has 0 saturated carbocycles. The summed E-state index contributed by atoms with van der Waals surface area (Å²) in [5.41, 5.74) is 1.35. The predicted octanol–water partition coefficient (Wildman–Crippen LogP) is 4.52. The fourth-order valence-corrected chi connectivity index (χ4v) is 3.46. The predicted molar refractivity (Wildman–Crippen MR) is 92.4 cm³/mol. The van der Waals surface area contributed by atoms with Gasteiger partial charge in [-0.15, -0.1) is 0 Å². The first-order valence-corrected chi connectivity index (χ1v) is 8.25. The van der Waals surface area contributed by atoms with Crippen molar-refractivity contribution in [2.45, 2.75) is 32.3 Å². The van der Waals surface area contributed by atoms with E-state index in [0.29, 0.717) is 21.0 Å². The zero-order valence-corrected chi connectivity index (χ0v) is 14.4. The van der Waals surface area contributed by atoms with E-state index >= 15 is 0 Å². The first-order valence-electron chi connectivity index (χ1n) is 7.46. The molecule has 0 amide bonds. The highest BCUT2D eigenvalue weighted by Gasteiger charge is 2.27. The number of aryl methyl sites for hydroxylation is 1. The van der Waals surface area contributed by atoms with Crippen molar-refractivity contribution >= 4 is 37.9 Å². The third-order valence-electron chi connectivity index (χ3n) is 4.32. The van der Waals surface area contributed by atoms with Crippen LogP contribution < -0.4 is 10.2 Å². The molecular formula is C18H15BrO4. The van der Waals surface area contributed by atoms with E-state index in [9.17, 15) is 9.90 Å². The van der Waals surface area contributed by atoms with Gasteiger partial charge in [-0.25, -0.2) is 0 Å². The zero-order valence-electron chi connectivity index (χ0n) is 12.8. The summed E-state index contributed by atoms with van der Waals surface area (Å²) < 4.78 is 12.5. The number of rotatable bonds is 0. The maximum absolute atomic E-state index is 12.8. The molecule has 0 fully saturated rings. The Morgan fingerprint density at radius 1 is 1.26 bits per heavy atom. The van der Waals surface area contributed by atoms with Gasteiger partial charge < -0.3 is 14.3 Å². The van der Waals surface area contributed by atoms with Crippen LogP contribution in [0.4, 0.5) is 0 Å². The molecule has 0 saturated heterocycles. The highest BCUT2D eigenvalue weighted by atomic mass is 79.9. The topological polar surface area (TPSA) is 59.7 Å². The standard InChI is InChI=1S/C18H15BrO4/c1-18(2)6-5-9-7-10-14(8-13(9)23-18)22-17-11(19)3-4-12(20)15(17)16(10)21/h3-4,7-8,20H,5-6H2,1-2H3. The summed E-state index contributed by atoms with van der Waals surface area (Å²) in [5.74, 6) is 0.682. The molecule has 0 spiro atoms. The largest absolute Gasteiger partial charge is 0.507 e. The molecule has 0 atom stereocenters. The number of fused-ring (bicyclic) bond motifs is 3. The number of halogens is 1. The molecule has 2 heterocycles. The Kier molecular flexibility index (Phi) is 3.00. The van der Waals surface area contributed by atoms with Crippen molar-refractivity contribution in [3.05, 3.63) is 44.5 Å². The van der Waals surface area contributed by atoms with E-state index in [1.165, 1.54) is 6.07 Å². The molecule has 0 unspecified atom stereocenters. The van der Waals surface area contributed by atoms with Crippen LogP contribution in [0.3, 0.4) is 0 Å². The van der Waals surface area contributed by atoms with Gasteiger partial charge in [-0.05, 0) is 66.4 Å². The van der Waals surface area contributed by atoms with Crippen molar-refractivity contribution in [3.8, 4) is 11.5 Å². The van der Waals surface area contributed by atoms with E-state index in [1.54, 1.807) is 12.1 Å². The Balaban J connectivity index is 2.09. The smallest absolute Gasteiger partial charge is 0.204 e. The van der Waals surface area contributed by atoms with E-state index in [2.05, 4.69) is 15.9 Å². The second kappa shape index (κ2) is 4.74. The molecule has 118 valence electrons. The number of ether oxygens (including phenoxy) is 1. The van der Waals surface area contributed by atoms with Crippen molar-refractivity contribution in [1.82, 2.24) is 0 Å². The van der Waals surface area contributed by atoms with Crippen LogP contribution in [0, 0.1) is 0 Å². The lowest BCUT2D eigenvalue weighted by Crippen LogP contribution is -2.32. The monoisotopic (exact) mass is 374 g/mol. The van der Waals surface area contributed by atoms with Crippen LogP contribution in [0.5, 0.6) is 11.5 Å². The second-order valence-corrected chi connectivity index (χ2v) is 7.37. The molecule has 1 aliphatic heterocycles. The normalized spacial score (nSPS) is 16.3. The minimum atomic E-state index is -0.229. The molecule has 1 aliphatic rings. The van der Waals surface area contributed by atoms with Crippen LogP contribution in [0.25, 0.3) is 21.9 Å². The average molecular weight is 375 g/mol. The molecule has 0 radical (unpaired) electrons. The third kappa shape index (κ3) is 2.22. The number of phenolic OH excluding ortho intramolecular Hbond substituents is 1. The Labute approximate surface area is 140 Å². The number of phenols is 1. The number of hydrogen-bond acceptors (Lipinski definition) is 4. The van der Waals surface area contributed by atoms with Crippen LogP contribution in [0.2, 0.25) is 0 Å². The molecule has 23 heavy (non-hydrogen) atoms. The minimum Gasteiger partial charge on any atom is -0.507 e. The fourth-order valence-electron chi connectivity index (χ4n) is 3.05. The number of aromatic hydroxyl groups is 1. The molecule has 0 aliphatic carbocycles. The summed E-state index contributed by atoms with van der Waals surface area (Å²) >= 11 is 3.37. The molecular weight excluding hydrogens is 360 g/mol. The van der Waals surface area contributed by atoms with Gasteiger partial charge in [0.1, 0.15) is 28.1 Å². The fraction of sp³-hybridized carbons (Fsp3) is 0.278. The molecule has 5 heteroatoms. The van der Waals surface area contributed by atoms with Gasteiger partial charge in [-0.2, -0.15) is 0 Å². The zero-order chi connectivity index (χ0) is 16.4. The Morgan fingerprint density at radius 3 is 2.83 bits per heavy atom. The van der Waals surface area contributed by atoms with Gasteiger partial charge in [0.05, 0.1) is 9.86 Å². The summed E-state index contributed by atoms with van der Waals surface area (Å²) in [4.78, 5) is 12.8. The Morgan fingerprint density at radius 2 is 2.04 bits per heavy atom. The van der Waals surface area contributed by atoms with E-state index in [-0.39, 0.29) is 22.2 Å². The van der Waals surface area contributed by atoms with Crippen LogP contribution in [0.1, 0.15) is 25.8 Å². The number of hydrogen-bond donors (Lipinski definition) is 1. The second-order valence-electron chi connectivity index (χ2n) is 6.52. The van der Waals surface area contributed by atoms with Crippen molar-refractivity contribution < 1.29 is 14.3 Å². The SMILES string of the molecule is CC1(C)CCc2cc3c(=O)c4c(O)ccc(Br)c4oc3cc2O1. The van der Waals surface area contributed by atoms with E-state index in [4.69, 9.17) is 9.15 Å². The lowest BCUT2D eigenvalue weighted by molar-refractivity contribution is 0.0848. The quantitative estimate of drug-likeness (QED) is 0.587. The van der Waals surface area contributed by atoms with Gasteiger partial charge in [0.2, 0.25) is 5.43 Å². The van der Waals surface area contributed by atoms with Crippen molar-refractivity contribution in [2.75, 3.05) is 0 Å². The summed E-state index contributed by atoms with van der Waals surface area (Å²) in [7, 11) is 0. The van der Waals surface area contributed by atoms with E-state index < -0.39 is 0 Å². The van der Waals surface area contributed by atoms with Crippen molar-refractivity contribution in [2.24, 2.45) is 0 Å². The maximum Gasteiger partial charge on any atom is 0.204 e. The van der Waals surface area contributed by atoms with Gasteiger partial charge >= 0.3 is 0 Å². The van der Waals surface area contributed by atoms with E-state index in [1.807, 2.05) is 19.9 Å². The number of benzene rings is 2. The van der Waals surface area contributed by atoms with Crippen LogP contribution in [0.15, 0.2) is 37.9 Å². The van der Waals surface area contributed by atoms with Gasteiger partial charge in [-0.3, -0.25) is 4.79 Å². The van der Waals surface area contributed by atoms with Gasteiger partial charge in [0, 0.05) is 6.07 Å². The lowest BCUT2D eigenvalue weighted by Gasteiger charge is -2.32. The van der Waals surface area contributed by atoms with Crippen molar-refractivity contribution in [1.29, 1.82) is 0 Å². The van der Waals surface area contributed by atoms with Crippen LogP contribution >= 0.6 is 15.9 Å². The van der Waals surface area contributed by atoms with Gasteiger partial charge in [0.15, 0.2) is 5.58 Å². The molecule has 1 N–H and O–H groups in total. The van der Waals surface area contributed by atoms with Gasteiger partial charge in [-0.1, -0.05) is 0 Å². The Hall–Kier alpha value is -2.01. The molecule has 4 nitrogen and oxygen atoms in total. The first-order chi connectivity index (χ1) is 10.9. The van der Waals surface area contributed by atoms with Crippen LogP contribution in [-0.2, 0) is 6.42 Å². The molecule has 4 rings (SSSR count). The third-order valence-corrected chi connectivity index (χ3v) is 4.94. The summed E-state index contributed by atoms with van der Waals surface area (Å²) in [6.45, 7) is 4.09. The summed E-state index contributed by atoms with van der Waals surface area (Å²) in [6.07, 6.45) is 1.74.